The minimum atomic E-state index is -0.334. The van der Waals surface area contributed by atoms with Crippen molar-refractivity contribution in [1.29, 1.82) is 0 Å². The van der Waals surface area contributed by atoms with Crippen LogP contribution >= 0.6 is 27.7 Å². The summed E-state index contributed by atoms with van der Waals surface area (Å²) in [5, 5.41) is 0. The fourth-order valence-corrected chi connectivity index (χ4v) is 2.59. The average Bonchev–Trinajstić information content (AvgIpc) is 2.41. The lowest BCUT2D eigenvalue weighted by molar-refractivity contribution is 0.102. The first-order valence-electron chi connectivity index (χ1n) is 5.74. The quantitative estimate of drug-likeness (QED) is 0.584. The van der Waals surface area contributed by atoms with Crippen LogP contribution < -0.4 is 0 Å². The van der Waals surface area contributed by atoms with Crippen LogP contribution in [0.15, 0.2) is 51.8 Å². The summed E-state index contributed by atoms with van der Waals surface area (Å²) in [6.07, 6.45) is 0. The Hall–Kier alpha value is -1.13. The minimum absolute atomic E-state index is 0.0631. The van der Waals surface area contributed by atoms with Crippen molar-refractivity contribution in [3.8, 4) is 0 Å². The van der Waals surface area contributed by atoms with Gasteiger partial charge in [0.1, 0.15) is 5.82 Å². The van der Waals surface area contributed by atoms with E-state index in [1.165, 1.54) is 17.8 Å². The van der Waals surface area contributed by atoms with Gasteiger partial charge in [0.05, 0.1) is 5.75 Å². The Kier molecular flexibility index (Phi) is 4.77. The van der Waals surface area contributed by atoms with E-state index < -0.39 is 0 Å². The Bertz CT molecular complexity index is 596. The van der Waals surface area contributed by atoms with Gasteiger partial charge in [0.15, 0.2) is 5.78 Å². The normalized spacial score (nSPS) is 10.5. The second-order valence-electron chi connectivity index (χ2n) is 4.13. The molecule has 0 N–H and O–H groups in total. The number of thioether (sulfide) groups is 1. The zero-order valence-electron chi connectivity index (χ0n) is 10.3. The van der Waals surface area contributed by atoms with E-state index in [1.54, 1.807) is 19.1 Å². The van der Waals surface area contributed by atoms with Crippen molar-refractivity contribution in [2.75, 3.05) is 5.75 Å². The summed E-state index contributed by atoms with van der Waals surface area (Å²) in [6.45, 7) is 1.68. The molecule has 2 rings (SSSR count). The highest BCUT2D eigenvalue weighted by atomic mass is 79.9. The number of carbonyl (C=O) groups is 1. The fourth-order valence-electron chi connectivity index (χ4n) is 1.53. The van der Waals surface area contributed by atoms with E-state index in [0.717, 1.165) is 9.37 Å². The number of benzene rings is 2. The van der Waals surface area contributed by atoms with Crippen molar-refractivity contribution in [1.82, 2.24) is 0 Å². The molecule has 0 aliphatic heterocycles. The van der Waals surface area contributed by atoms with Gasteiger partial charge in [0.25, 0.3) is 0 Å². The number of hydrogen-bond donors (Lipinski definition) is 0. The molecule has 0 fully saturated rings. The zero-order valence-corrected chi connectivity index (χ0v) is 12.7. The number of carbonyl (C=O) groups excluding carboxylic acids is 1. The summed E-state index contributed by atoms with van der Waals surface area (Å²) >= 11 is 4.81. The van der Waals surface area contributed by atoms with E-state index in [0.29, 0.717) is 16.9 Å². The van der Waals surface area contributed by atoms with E-state index in [4.69, 9.17) is 0 Å². The number of halogens is 2. The Morgan fingerprint density at radius 1 is 1.21 bits per heavy atom. The molecule has 0 atom stereocenters. The van der Waals surface area contributed by atoms with Gasteiger partial charge in [-0.05, 0) is 42.8 Å². The SMILES string of the molecule is Cc1ccc(C(=O)CSc2ccc(Br)cc2)cc1F. The zero-order chi connectivity index (χ0) is 13.8. The highest BCUT2D eigenvalue weighted by Crippen LogP contribution is 2.22. The van der Waals surface area contributed by atoms with Gasteiger partial charge in [-0.2, -0.15) is 0 Å². The molecule has 4 heteroatoms. The van der Waals surface area contributed by atoms with E-state index in [9.17, 15) is 9.18 Å². The lowest BCUT2D eigenvalue weighted by Gasteiger charge is -2.03. The summed E-state index contributed by atoms with van der Waals surface area (Å²) in [6, 6.07) is 12.3. The predicted octanol–water partition coefficient (Wildman–Crippen LogP) is 4.87. The Morgan fingerprint density at radius 2 is 1.89 bits per heavy atom. The van der Waals surface area contributed by atoms with Gasteiger partial charge >= 0.3 is 0 Å². The third-order valence-electron chi connectivity index (χ3n) is 2.68. The smallest absolute Gasteiger partial charge is 0.173 e. The fraction of sp³-hybridized carbons (Fsp3) is 0.133. The summed E-state index contributed by atoms with van der Waals surface area (Å²) in [5.74, 6) is -0.0873. The lowest BCUT2D eigenvalue weighted by Crippen LogP contribution is -2.03. The van der Waals surface area contributed by atoms with Crippen LogP contribution in [0.3, 0.4) is 0 Å². The summed E-state index contributed by atoms with van der Waals surface area (Å²) in [4.78, 5) is 13.0. The van der Waals surface area contributed by atoms with Crippen LogP contribution in [0.2, 0.25) is 0 Å². The topological polar surface area (TPSA) is 17.1 Å². The van der Waals surface area contributed by atoms with Crippen molar-refractivity contribution < 1.29 is 9.18 Å². The van der Waals surface area contributed by atoms with Crippen molar-refractivity contribution in [2.45, 2.75) is 11.8 Å². The van der Waals surface area contributed by atoms with Crippen LogP contribution in [0.1, 0.15) is 15.9 Å². The maximum absolute atomic E-state index is 13.4. The van der Waals surface area contributed by atoms with Gasteiger partial charge in [0, 0.05) is 14.9 Å². The molecular weight excluding hydrogens is 327 g/mol. The average molecular weight is 339 g/mol. The van der Waals surface area contributed by atoms with Gasteiger partial charge < -0.3 is 0 Å². The van der Waals surface area contributed by atoms with E-state index in [2.05, 4.69) is 15.9 Å². The molecule has 0 unspecified atom stereocenters. The summed E-state index contributed by atoms with van der Waals surface area (Å²) in [7, 11) is 0. The van der Waals surface area contributed by atoms with Crippen molar-refractivity contribution >= 4 is 33.5 Å². The molecule has 0 bridgehead atoms. The number of hydrogen-bond acceptors (Lipinski definition) is 2. The van der Waals surface area contributed by atoms with Crippen molar-refractivity contribution in [2.24, 2.45) is 0 Å². The molecule has 2 aromatic rings. The molecule has 0 amide bonds. The lowest BCUT2D eigenvalue weighted by atomic mass is 10.1. The van der Waals surface area contributed by atoms with Crippen LogP contribution in [0.5, 0.6) is 0 Å². The second-order valence-corrected chi connectivity index (χ2v) is 6.09. The molecule has 0 saturated heterocycles. The largest absolute Gasteiger partial charge is 0.293 e. The summed E-state index contributed by atoms with van der Waals surface area (Å²) in [5.41, 5.74) is 0.977. The Balaban J connectivity index is 2.01. The highest BCUT2D eigenvalue weighted by Gasteiger charge is 2.09. The molecule has 0 aliphatic carbocycles. The highest BCUT2D eigenvalue weighted by molar-refractivity contribution is 9.10. The Labute approximate surface area is 124 Å². The third-order valence-corrected chi connectivity index (χ3v) is 4.22. The molecule has 0 aliphatic rings. The molecule has 0 saturated carbocycles. The minimum Gasteiger partial charge on any atom is -0.293 e. The number of ketones is 1. The molecule has 0 radical (unpaired) electrons. The molecule has 0 aromatic heterocycles. The maximum Gasteiger partial charge on any atom is 0.173 e. The van der Waals surface area contributed by atoms with E-state index in [-0.39, 0.29) is 11.6 Å². The van der Waals surface area contributed by atoms with Crippen molar-refractivity contribution in [3.05, 3.63) is 63.9 Å². The molecule has 98 valence electrons. The maximum atomic E-state index is 13.4. The third kappa shape index (κ3) is 3.91. The Morgan fingerprint density at radius 3 is 2.53 bits per heavy atom. The molecule has 2 aromatic carbocycles. The monoisotopic (exact) mass is 338 g/mol. The predicted molar refractivity (Wildman–Crippen MR) is 80.3 cm³/mol. The van der Waals surface area contributed by atoms with Crippen LogP contribution in [0.25, 0.3) is 0 Å². The second kappa shape index (κ2) is 6.35. The molecule has 1 nitrogen and oxygen atoms in total. The first-order chi connectivity index (χ1) is 9.06. The van der Waals surface area contributed by atoms with Crippen molar-refractivity contribution in [3.63, 3.8) is 0 Å². The molecule has 19 heavy (non-hydrogen) atoms. The van der Waals surface area contributed by atoms with Gasteiger partial charge in [-0.1, -0.05) is 28.1 Å². The summed E-state index contributed by atoms with van der Waals surface area (Å²) < 4.78 is 14.4. The van der Waals surface area contributed by atoms with Crippen LogP contribution in [-0.4, -0.2) is 11.5 Å². The van der Waals surface area contributed by atoms with Gasteiger partial charge in [-0.3, -0.25) is 4.79 Å². The molecule has 0 spiro atoms. The number of rotatable bonds is 4. The standard InChI is InChI=1S/C15H12BrFOS/c1-10-2-3-11(8-14(10)17)15(18)9-19-13-6-4-12(16)5-7-13/h2-8H,9H2,1H3. The van der Waals surface area contributed by atoms with Gasteiger partial charge in [0.2, 0.25) is 0 Å². The first kappa shape index (κ1) is 14.3. The van der Waals surface area contributed by atoms with Crippen LogP contribution in [0, 0.1) is 12.7 Å². The molecular formula is C15H12BrFOS. The van der Waals surface area contributed by atoms with Crippen LogP contribution in [-0.2, 0) is 0 Å². The van der Waals surface area contributed by atoms with Gasteiger partial charge in [-0.15, -0.1) is 11.8 Å². The number of Topliss-reactive ketones (excluding diaryl/α,β-unsaturated/α-hetero) is 1. The first-order valence-corrected chi connectivity index (χ1v) is 7.52. The molecule has 0 heterocycles. The van der Waals surface area contributed by atoms with E-state index >= 15 is 0 Å². The van der Waals surface area contributed by atoms with E-state index in [1.807, 2.05) is 24.3 Å². The number of aryl methyl sites for hydroxylation is 1. The van der Waals surface area contributed by atoms with Crippen LogP contribution in [0.4, 0.5) is 4.39 Å². The van der Waals surface area contributed by atoms with Gasteiger partial charge in [-0.25, -0.2) is 4.39 Å².